The zero-order chi connectivity index (χ0) is 17.7. The second-order valence-corrected chi connectivity index (χ2v) is 11.9. The zero-order valence-electron chi connectivity index (χ0n) is 13.7. The number of rotatable bonds is 2. The van der Waals surface area contributed by atoms with Gasteiger partial charge >= 0.3 is 5.69 Å². The Morgan fingerprint density at radius 3 is 2.75 bits per heavy atom. The number of hydrogen-bond donors (Lipinski definition) is 3. The Balaban J connectivity index is 2.02. The first-order valence-electron chi connectivity index (χ1n) is 7.64. The molecular formula is C15H20N2O6Si. The standard InChI is InChI=1S/C15H20N2O6Si/c1-24(2,3)5-4-9-6-17(14(21)16-12(9)20)13-10-11(19)15(7-18,23-13)8-22-10/h6,10-11,13,18-19H,7-8H2,1-3H3,(H,16,20,21)/t10?,11?,13-,15+/m1/s1. The largest absolute Gasteiger partial charge is 0.393 e. The van der Waals surface area contributed by atoms with E-state index in [0.717, 1.165) is 4.57 Å². The van der Waals surface area contributed by atoms with Crippen molar-refractivity contribution in [1.29, 1.82) is 0 Å². The molecular weight excluding hydrogens is 332 g/mol. The van der Waals surface area contributed by atoms with Gasteiger partial charge in [-0.15, -0.1) is 5.54 Å². The Morgan fingerprint density at radius 1 is 1.46 bits per heavy atom. The van der Waals surface area contributed by atoms with Gasteiger partial charge in [0.25, 0.3) is 5.56 Å². The second-order valence-electron chi connectivity index (χ2n) is 7.16. The molecule has 1 aromatic rings. The van der Waals surface area contributed by atoms with E-state index in [2.05, 4.69) is 16.4 Å². The fourth-order valence-electron chi connectivity index (χ4n) is 2.77. The Bertz CT molecular complexity index is 829. The number of aliphatic hydroxyl groups is 2. The van der Waals surface area contributed by atoms with Crippen molar-refractivity contribution in [3.8, 4) is 11.5 Å². The molecule has 1 aromatic heterocycles. The molecule has 4 atom stereocenters. The molecule has 0 saturated carbocycles. The molecule has 0 aromatic carbocycles. The number of nitrogens with one attached hydrogen (secondary N) is 1. The average molecular weight is 352 g/mol. The van der Waals surface area contributed by atoms with Gasteiger partial charge in [0.2, 0.25) is 0 Å². The average Bonchev–Trinajstić information content (AvgIpc) is 2.96. The van der Waals surface area contributed by atoms with Crippen molar-refractivity contribution in [1.82, 2.24) is 9.55 Å². The van der Waals surface area contributed by atoms with Gasteiger partial charge in [0, 0.05) is 6.20 Å². The Kier molecular flexibility index (Phi) is 4.06. The van der Waals surface area contributed by atoms with E-state index in [1.165, 1.54) is 6.20 Å². The molecule has 8 nitrogen and oxygen atoms in total. The van der Waals surface area contributed by atoms with E-state index < -0.39 is 50.0 Å². The van der Waals surface area contributed by atoms with E-state index in [1.54, 1.807) is 0 Å². The number of aromatic nitrogens is 2. The van der Waals surface area contributed by atoms with Gasteiger partial charge in [-0.25, -0.2) is 4.79 Å². The Morgan fingerprint density at radius 2 is 2.17 bits per heavy atom. The van der Waals surface area contributed by atoms with Crippen molar-refractivity contribution < 1.29 is 19.7 Å². The third-order valence-electron chi connectivity index (χ3n) is 4.09. The van der Waals surface area contributed by atoms with Crippen LogP contribution in [0.25, 0.3) is 0 Å². The maximum absolute atomic E-state index is 12.1. The number of ether oxygens (including phenoxy) is 2. The maximum atomic E-state index is 12.1. The van der Waals surface area contributed by atoms with Crippen molar-refractivity contribution in [2.24, 2.45) is 0 Å². The number of H-pyrrole nitrogens is 1. The van der Waals surface area contributed by atoms with Crippen LogP contribution in [-0.4, -0.2) is 58.9 Å². The molecule has 0 amide bonds. The van der Waals surface area contributed by atoms with Crippen LogP contribution in [0.3, 0.4) is 0 Å². The summed E-state index contributed by atoms with van der Waals surface area (Å²) >= 11 is 0. The number of hydrogen-bond acceptors (Lipinski definition) is 6. The molecule has 2 bridgehead atoms. The van der Waals surface area contributed by atoms with Gasteiger partial charge in [0.15, 0.2) is 6.23 Å². The van der Waals surface area contributed by atoms with Crippen molar-refractivity contribution in [2.45, 2.75) is 43.7 Å². The van der Waals surface area contributed by atoms with Crippen molar-refractivity contribution in [3.63, 3.8) is 0 Å². The van der Waals surface area contributed by atoms with Crippen LogP contribution in [0.2, 0.25) is 19.6 Å². The quantitative estimate of drug-likeness (QED) is 0.454. The predicted molar refractivity (Wildman–Crippen MR) is 87.2 cm³/mol. The topological polar surface area (TPSA) is 114 Å². The minimum absolute atomic E-state index is 0.0478. The third kappa shape index (κ3) is 2.76. The molecule has 9 heteroatoms. The summed E-state index contributed by atoms with van der Waals surface area (Å²) in [7, 11) is -1.70. The molecule has 0 radical (unpaired) electrons. The Hall–Kier alpha value is -1.70. The van der Waals surface area contributed by atoms with Crippen molar-refractivity contribution in [2.75, 3.05) is 13.2 Å². The number of nitrogens with zero attached hydrogens (tertiary/aromatic N) is 1. The zero-order valence-corrected chi connectivity index (χ0v) is 14.7. The number of fused-ring (bicyclic) bond motifs is 2. The summed E-state index contributed by atoms with van der Waals surface area (Å²) in [5.74, 6) is 2.82. The summed E-state index contributed by atoms with van der Waals surface area (Å²) in [5, 5.41) is 19.7. The lowest BCUT2D eigenvalue weighted by Gasteiger charge is -2.29. The van der Waals surface area contributed by atoms with Gasteiger partial charge in [-0.05, 0) is 0 Å². The summed E-state index contributed by atoms with van der Waals surface area (Å²) in [6.07, 6.45) is -1.46. The molecule has 0 spiro atoms. The van der Waals surface area contributed by atoms with E-state index in [1.807, 2.05) is 19.6 Å². The van der Waals surface area contributed by atoms with Gasteiger partial charge in [-0.3, -0.25) is 14.3 Å². The van der Waals surface area contributed by atoms with Gasteiger partial charge < -0.3 is 19.7 Å². The van der Waals surface area contributed by atoms with Crippen molar-refractivity contribution >= 4 is 8.07 Å². The molecule has 2 aliphatic heterocycles. The molecule has 3 heterocycles. The van der Waals surface area contributed by atoms with Crippen LogP contribution in [0.5, 0.6) is 0 Å². The van der Waals surface area contributed by atoms with Crippen LogP contribution >= 0.6 is 0 Å². The highest BCUT2D eigenvalue weighted by molar-refractivity contribution is 6.83. The Labute approximate surface area is 139 Å². The first-order chi connectivity index (χ1) is 11.2. The molecule has 0 aliphatic carbocycles. The first kappa shape index (κ1) is 17.1. The van der Waals surface area contributed by atoms with Crippen LogP contribution in [-0.2, 0) is 9.47 Å². The molecule has 130 valence electrons. The smallest absolute Gasteiger partial charge is 0.330 e. The highest BCUT2D eigenvalue weighted by atomic mass is 28.3. The van der Waals surface area contributed by atoms with Crippen LogP contribution < -0.4 is 11.2 Å². The fourth-order valence-corrected chi connectivity index (χ4v) is 3.28. The monoisotopic (exact) mass is 352 g/mol. The van der Waals surface area contributed by atoms with Crippen LogP contribution in [0.4, 0.5) is 0 Å². The molecule has 3 N–H and O–H groups in total. The lowest BCUT2D eigenvalue weighted by molar-refractivity contribution is -0.187. The molecule has 2 aliphatic rings. The summed E-state index contributed by atoms with van der Waals surface area (Å²) < 4.78 is 12.3. The van der Waals surface area contributed by atoms with Gasteiger partial charge in [-0.1, -0.05) is 25.6 Å². The number of aromatic amines is 1. The fraction of sp³-hybridized carbons (Fsp3) is 0.600. The molecule has 3 rings (SSSR count). The van der Waals surface area contributed by atoms with Crippen LogP contribution in [0, 0.1) is 11.5 Å². The molecule has 24 heavy (non-hydrogen) atoms. The second kappa shape index (κ2) is 5.68. The highest BCUT2D eigenvalue weighted by Gasteiger charge is 2.61. The van der Waals surface area contributed by atoms with E-state index in [9.17, 15) is 19.8 Å². The van der Waals surface area contributed by atoms with Crippen LogP contribution in [0.1, 0.15) is 11.8 Å². The van der Waals surface area contributed by atoms with Gasteiger partial charge in [0.1, 0.15) is 31.4 Å². The van der Waals surface area contributed by atoms with E-state index in [4.69, 9.17) is 9.47 Å². The van der Waals surface area contributed by atoms with Gasteiger partial charge in [-0.2, -0.15) is 0 Å². The molecule has 2 saturated heterocycles. The summed E-state index contributed by atoms with van der Waals surface area (Å²) in [6.45, 7) is 5.74. The van der Waals surface area contributed by atoms with E-state index in [-0.39, 0.29) is 12.2 Å². The minimum atomic E-state index is -1.70. The molecule has 2 unspecified atom stereocenters. The molecule has 2 fully saturated rings. The first-order valence-corrected chi connectivity index (χ1v) is 11.1. The third-order valence-corrected chi connectivity index (χ3v) is 4.96. The lowest BCUT2D eigenvalue weighted by atomic mass is 10.0. The predicted octanol–water partition coefficient (Wildman–Crippen LogP) is -1.21. The maximum Gasteiger partial charge on any atom is 0.330 e. The summed E-state index contributed by atoms with van der Waals surface area (Å²) in [5.41, 5.74) is 0.731. The number of aliphatic hydroxyl groups excluding tert-OH is 2. The normalized spacial score (nSPS) is 31.8. The minimum Gasteiger partial charge on any atom is -0.393 e. The highest BCUT2D eigenvalue weighted by Crippen LogP contribution is 2.44. The van der Waals surface area contributed by atoms with Gasteiger partial charge in [0.05, 0.1) is 13.2 Å². The van der Waals surface area contributed by atoms with Crippen LogP contribution in [0.15, 0.2) is 15.8 Å². The lowest BCUT2D eigenvalue weighted by Crippen LogP contribution is -2.44. The van der Waals surface area contributed by atoms with Crippen molar-refractivity contribution in [3.05, 3.63) is 32.6 Å². The van der Waals surface area contributed by atoms with E-state index >= 15 is 0 Å². The summed E-state index contributed by atoms with van der Waals surface area (Å²) in [4.78, 5) is 26.3. The SMILES string of the molecule is C[Si](C)(C)C#Cc1cn([C@@H]2O[C@@]3(CO)COC2C3O)c(=O)[nH]c1=O. The van der Waals surface area contributed by atoms with E-state index in [0.29, 0.717) is 0 Å². The summed E-state index contributed by atoms with van der Waals surface area (Å²) in [6, 6.07) is 0.